The van der Waals surface area contributed by atoms with Crippen molar-refractivity contribution in [3.8, 4) is 5.75 Å². The molecule has 1 N–H and O–H groups in total. The van der Waals surface area contributed by atoms with Gasteiger partial charge in [-0.3, -0.25) is 0 Å². The number of hydrogen-bond donors (Lipinski definition) is 1. The number of benzene rings is 1. The molecule has 0 aromatic heterocycles. The standard InChI is InChI=1S/C19H32N2O3/c1-7-21(8-2)13-14-23-17-11-9-16(10-12-17)15(3)20-18(22)24-19(4,5)6/h9-12,15H,7-8,13-14H2,1-6H3,(H,20,22)/t15-/m0/s1. The van der Waals surface area contributed by atoms with Crippen molar-refractivity contribution < 1.29 is 14.3 Å². The zero-order chi connectivity index (χ0) is 18.2. The lowest BCUT2D eigenvalue weighted by Gasteiger charge is -2.22. The SMILES string of the molecule is CCN(CC)CCOc1ccc([C@H](C)NC(=O)OC(C)(C)C)cc1. The average Bonchev–Trinajstić information content (AvgIpc) is 2.50. The second kappa shape index (κ2) is 9.52. The molecule has 1 atom stereocenters. The largest absolute Gasteiger partial charge is 0.492 e. The van der Waals surface area contributed by atoms with Gasteiger partial charge in [-0.2, -0.15) is 0 Å². The monoisotopic (exact) mass is 336 g/mol. The van der Waals surface area contributed by atoms with Crippen LogP contribution in [0.25, 0.3) is 0 Å². The third-order valence-corrected chi connectivity index (χ3v) is 3.68. The van der Waals surface area contributed by atoms with Gasteiger partial charge in [-0.05, 0) is 58.5 Å². The van der Waals surface area contributed by atoms with Gasteiger partial charge in [-0.25, -0.2) is 4.79 Å². The van der Waals surface area contributed by atoms with Gasteiger partial charge in [0.15, 0.2) is 0 Å². The fourth-order valence-corrected chi connectivity index (χ4v) is 2.25. The van der Waals surface area contributed by atoms with Crippen LogP contribution in [0.15, 0.2) is 24.3 Å². The van der Waals surface area contributed by atoms with Crippen LogP contribution in [0.2, 0.25) is 0 Å². The molecule has 0 spiro atoms. The Kier molecular flexibility index (Phi) is 8.05. The summed E-state index contributed by atoms with van der Waals surface area (Å²) >= 11 is 0. The predicted octanol–water partition coefficient (Wildman–Crippen LogP) is 3.99. The lowest BCUT2D eigenvalue weighted by molar-refractivity contribution is 0.0508. The van der Waals surface area contributed by atoms with Gasteiger partial charge < -0.3 is 19.7 Å². The molecule has 0 heterocycles. The van der Waals surface area contributed by atoms with E-state index in [1.54, 1.807) is 0 Å². The van der Waals surface area contributed by atoms with Crippen molar-refractivity contribution in [3.63, 3.8) is 0 Å². The second-order valence-electron chi connectivity index (χ2n) is 6.81. The van der Waals surface area contributed by atoms with Crippen molar-refractivity contribution in [1.29, 1.82) is 0 Å². The lowest BCUT2D eigenvalue weighted by Crippen LogP contribution is -2.34. The summed E-state index contributed by atoms with van der Waals surface area (Å²) in [4.78, 5) is 14.1. The number of hydrogen-bond acceptors (Lipinski definition) is 4. The Balaban J connectivity index is 2.47. The fraction of sp³-hybridized carbons (Fsp3) is 0.632. The highest BCUT2D eigenvalue weighted by Crippen LogP contribution is 2.18. The zero-order valence-electron chi connectivity index (χ0n) is 15.9. The molecule has 0 saturated heterocycles. The number of carbonyl (C=O) groups is 1. The summed E-state index contributed by atoms with van der Waals surface area (Å²) in [5.74, 6) is 0.843. The Morgan fingerprint density at radius 3 is 2.25 bits per heavy atom. The minimum Gasteiger partial charge on any atom is -0.492 e. The van der Waals surface area contributed by atoms with Crippen molar-refractivity contribution >= 4 is 6.09 Å². The third-order valence-electron chi connectivity index (χ3n) is 3.68. The minimum atomic E-state index is -0.494. The quantitative estimate of drug-likeness (QED) is 0.780. The molecule has 24 heavy (non-hydrogen) atoms. The molecule has 136 valence electrons. The number of alkyl carbamates (subject to hydrolysis) is 1. The minimum absolute atomic E-state index is 0.121. The average molecular weight is 336 g/mol. The van der Waals surface area contributed by atoms with Crippen LogP contribution in [0, 0.1) is 0 Å². The molecule has 1 aromatic rings. The lowest BCUT2D eigenvalue weighted by atomic mass is 10.1. The first-order chi connectivity index (χ1) is 11.2. The molecule has 0 aliphatic carbocycles. The summed E-state index contributed by atoms with van der Waals surface area (Å²) in [6, 6.07) is 7.68. The molecule has 0 fully saturated rings. The highest BCUT2D eigenvalue weighted by atomic mass is 16.6. The van der Waals surface area contributed by atoms with E-state index in [2.05, 4.69) is 24.1 Å². The first-order valence-electron chi connectivity index (χ1n) is 8.69. The van der Waals surface area contributed by atoms with Gasteiger partial charge in [0.1, 0.15) is 18.0 Å². The van der Waals surface area contributed by atoms with Crippen LogP contribution < -0.4 is 10.1 Å². The van der Waals surface area contributed by atoms with E-state index in [0.29, 0.717) is 6.61 Å². The van der Waals surface area contributed by atoms with Gasteiger partial charge >= 0.3 is 6.09 Å². The summed E-state index contributed by atoms with van der Waals surface area (Å²) in [7, 11) is 0. The Morgan fingerprint density at radius 1 is 1.17 bits per heavy atom. The Labute approximate surface area is 146 Å². The molecule has 1 amide bonds. The molecule has 0 saturated carbocycles. The van der Waals surface area contributed by atoms with E-state index in [0.717, 1.165) is 30.9 Å². The number of ether oxygens (including phenoxy) is 2. The van der Waals surface area contributed by atoms with E-state index in [1.165, 1.54) is 0 Å². The Morgan fingerprint density at radius 2 is 1.75 bits per heavy atom. The molecular formula is C19H32N2O3. The van der Waals surface area contributed by atoms with E-state index in [4.69, 9.17) is 9.47 Å². The van der Waals surface area contributed by atoms with Crippen LogP contribution in [0.1, 0.15) is 53.1 Å². The van der Waals surface area contributed by atoms with Crippen LogP contribution in [0.5, 0.6) is 5.75 Å². The van der Waals surface area contributed by atoms with Crippen LogP contribution in [-0.4, -0.2) is 42.8 Å². The topological polar surface area (TPSA) is 50.8 Å². The van der Waals surface area contributed by atoms with Crippen molar-refractivity contribution in [3.05, 3.63) is 29.8 Å². The molecule has 0 bridgehead atoms. The van der Waals surface area contributed by atoms with Crippen LogP contribution in [0.3, 0.4) is 0 Å². The highest BCUT2D eigenvalue weighted by molar-refractivity contribution is 5.68. The van der Waals surface area contributed by atoms with Gasteiger partial charge in [0.2, 0.25) is 0 Å². The summed E-state index contributed by atoms with van der Waals surface area (Å²) < 4.78 is 11.0. The van der Waals surface area contributed by atoms with E-state index in [-0.39, 0.29) is 6.04 Å². The van der Waals surface area contributed by atoms with Crippen LogP contribution in [0.4, 0.5) is 4.79 Å². The molecule has 5 heteroatoms. The summed E-state index contributed by atoms with van der Waals surface area (Å²) in [5.41, 5.74) is 0.517. The van der Waals surface area contributed by atoms with Gasteiger partial charge in [0, 0.05) is 6.54 Å². The van der Waals surface area contributed by atoms with E-state index in [9.17, 15) is 4.79 Å². The number of likely N-dealkylation sites (N-methyl/N-ethyl adjacent to an activating group) is 1. The fourth-order valence-electron chi connectivity index (χ4n) is 2.25. The van der Waals surface area contributed by atoms with Gasteiger partial charge in [-0.1, -0.05) is 26.0 Å². The first kappa shape index (κ1) is 20.3. The number of amides is 1. The summed E-state index contributed by atoms with van der Waals surface area (Å²) in [6.07, 6.45) is -0.408. The molecule has 0 aliphatic rings. The highest BCUT2D eigenvalue weighted by Gasteiger charge is 2.18. The molecule has 5 nitrogen and oxygen atoms in total. The van der Waals surface area contributed by atoms with Crippen molar-refractivity contribution in [2.75, 3.05) is 26.2 Å². The number of nitrogens with one attached hydrogen (secondary N) is 1. The molecule has 1 aromatic carbocycles. The Hall–Kier alpha value is -1.75. The molecule has 1 rings (SSSR count). The maximum absolute atomic E-state index is 11.8. The van der Waals surface area contributed by atoms with Crippen molar-refractivity contribution in [2.24, 2.45) is 0 Å². The normalized spacial score (nSPS) is 12.8. The van der Waals surface area contributed by atoms with E-state index < -0.39 is 11.7 Å². The Bertz CT molecular complexity index is 490. The van der Waals surface area contributed by atoms with Crippen molar-refractivity contribution in [1.82, 2.24) is 10.2 Å². The van der Waals surface area contributed by atoms with E-state index in [1.807, 2.05) is 52.0 Å². The van der Waals surface area contributed by atoms with E-state index >= 15 is 0 Å². The summed E-state index contributed by atoms with van der Waals surface area (Å²) in [5, 5.41) is 2.84. The zero-order valence-corrected chi connectivity index (χ0v) is 15.9. The predicted molar refractivity (Wildman–Crippen MR) is 97.5 cm³/mol. The number of carbonyl (C=O) groups excluding carboxylic acids is 1. The van der Waals surface area contributed by atoms with Gasteiger partial charge in [0.25, 0.3) is 0 Å². The van der Waals surface area contributed by atoms with Crippen LogP contribution in [-0.2, 0) is 4.74 Å². The van der Waals surface area contributed by atoms with Gasteiger partial charge in [-0.15, -0.1) is 0 Å². The molecular weight excluding hydrogens is 304 g/mol. The first-order valence-corrected chi connectivity index (χ1v) is 8.69. The third kappa shape index (κ3) is 7.68. The number of nitrogens with zero attached hydrogens (tertiary/aromatic N) is 1. The number of rotatable bonds is 8. The molecule has 0 radical (unpaired) electrons. The van der Waals surface area contributed by atoms with Crippen LogP contribution >= 0.6 is 0 Å². The smallest absolute Gasteiger partial charge is 0.408 e. The maximum atomic E-state index is 11.8. The van der Waals surface area contributed by atoms with Gasteiger partial charge in [0.05, 0.1) is 6.04 Å². The maximum Gasteiger partial charge on any atom is 0.408 e. The second-order valence-corrected chi connectivity index (χ2v) is 6.81. The summed E-state index contributed by atoms with van der Waals surface area (Å²) in [6.45, 7) is 15.4. The van der Waals surface area contributed by atoms with Crippen molar-refractivity contribution in [2.45, 2.75) is 53.2 Å². The molecule has 0 unspecified atom stereocenters. The molecule has 0 aliphatic heterocycles.